The topological polar surface area (TPSA) is 51.1 Å². The Bertz CT molecular complexity index is 892. The predicted molar refractivity (Wildman–Crippen MR) is 106 cm³/mol. The zero-order valence-corrected chi connectivity index (χ0v) is 16.7. The number of carbonyl (C=O) groups is 1. The van der Waals surface area contributed by atoms with Gasteiger partial charge in [-0.25, -0.2) is 4.39 Å². The van der Waals surface area contributed by atoms with Gasteiger partial charge in [0, 0.05) is 31.2 Å². The van der Waals surface area contributed by atoms with E-state index in [2.05, 4.69) is 5.16 Å². The molecule has 1 heterocycles. The maximum atomic E-state index is 14.0. The van der Waals surface area contributed by atoms with Gasteiger partial charge in [0.1, 0.15) is 12.4 Å². The van der Waals surface area contributed by atoms with Crippen molar-refractivity contribution in [3.63, 3.8) is 0 Å². The van der Waals surface area contributed by atoms with Gasteiger partial charge in [0.2, 0.25) is 5.91 Å². The largest absolute Gasteiger partial charge is 0.390 e. The minimum absolute atomic E-state index is 0.0956. The number of rotatable bonds is 7. The summed E-state index contributed by atoms with van der Waals surface area (Å²) in [6.45, 7) is 0.281. The third kappa shape index (κ3) is 5.01. The van der Waals surface area contributed by atoms with E-state index in [9.17, 15) is 9.18 Å². The number of nitrogens with zero attached hydrogens (tertiary/aromatic N) is 2. The summed E-state index contributed by atoms with van der Waals surface area (Å²) < 4.78 is 19.0. The van der Waals surface area contributed by atoms with Gasteiger partial charge in [-0.15, -0.1) is 0 Å². The Balaban J connectivity index is 1.69. The lowest BCUT2D eigenvalue weighted by Gasteiger charge is -2.25. The molecule has 2 aromatic rings. The van der Waals surface area contributed by atoms with Crippen molar-refractivity contribution >= 4 is 34.8 Å². The molecule has 3 rings (SSSR count). The number of benzene rings is 2. The molecular weight excluding hydrogens is 406 g/mol. The number of ether oxygens (including phenoxy) is 1. The van der Waals surface area contributed by atoms with Crippen LogP contribution in [0.2, 0.25) is 10.0 Å². The summed E-state index contributed by atoms with van der Waals surface area (Å²) in [6, 6.07) is 11.6. The highest BCUT2D eigenvalue weighted by atomic mass is 35.5. The number of hydrogen-bond donors (Lipinski definition) is 0. The fraction of sp³-hybridized carbons (Fsp3) is 0.300. The molecule has 0 saturated heterocycles. The molecule has 1 unspecified atom stereocenters. The first-order chi connectivity index (χ1) is 13.5. The number of halogens is 3. The van der Waals surface area contributed by atoms with Crippen LogP contribution < -0.4 is 0 Å². The molecule has 0 radical (unpaired) electrons. The molecule has 1 aliphatic heterocycles. The van der Waals surface area contributed by atoms with Crippen LogP contribution in [0.15, 0.2) is 47.6 Å². The summed E-state index contributed by atoms with van der Waals surface area (Å²) in [5, 5.41) is 5.01. The zero-order valence-electron chi connectivity index (χ0n) is 15.2. The molecule has 0 bridgehead atoms. The van der Waals surface area contributed by atoms with Crippen LogP contribution in [-0.2, 0) is 20.9 Å². The molecule has 0 saturated carbocycles. The number of hydrogen-bond acceptors (Lipinski definition) is 4. The lowest BCUT2D eigenvalue weighted by atomic mass is 10.0. The molecule has 2 aromatic carbocycles. The quantitative estimate of drug-likeness (QED) is 0.665. The van der Waals surface area contributed by atoms with Gasteiger partial charge >= 0.3 is 0 Å². The third-order valence-electron chi connectivity index (χ3n) is 4.35. The van der Waals surface area contributed by atoms with Crippen molar-refractivity contribution in [1.29, 1.82) is 0 Å². The minimum atomic E-state index is -0.363. The predicted octanol–water partition coefficient (Wildman–Crippen LogP) is 4.30. The van der Waals surface area contributed by atoms with Crippen molar-refractivity contribution in [2.75, 3.05) is 20.3 Å². The monoisotopic (exact) mass is 424 g/mol. The van der Waals surface area contributed by atoms with Gasteiger partial charge < -0.3 is 14.5 Å². The summed E-state index contributed by atoms with van der Waals surface area (Å²) in [5.74, 6) is -0.616. The first-order valence-electron chi connectivity index (χ1n) is 8.66. The van der Waals surface area contributed by atoms with E-state index in [1.54, 1.807) is 30.3 Å². The van der Waals surface area contributed by atoms with Crippen molar-refractivity contribution in [1.82, 2.24) is 4.90 Å². The van der Waals surface area contributed by atoms with E-state index in [4.69, 9.17) is 32.8 Å². The second-order valence-electron chi connectivity index (χ2n) is 6.40. The van der Waals surface area contributed by atoms with Crippen LogP contribution >= 0.6 is 23.2 Å². The minimum Gasteiger partial charge on any atom is -0.390 e. The fourth-order valence-electron chi connectivity index (χ4n) is 2.92. The lowest BCUT2D eigenvalue weighted by Crippen LogP contribution is -2.39. The van der Waals surface area contributed by atoms with Crippen LogP contribution in [-0.4, -0.2) is 42.9 Å². The van der Waals surface area contributed by atoms with Gasteiger partial charge in [-0.1, -0.05) is 52.6 Å². The van der Waals surface area contributed by atoms with Crippen molar-refractivity contribution in [2.24, 2.45) is 5.16 Å². The summed E-state index contributed by atoms with van der Waals surface area (Å²) in [5.41, 5.74) is 1.95. The molecule has 1 amide bonds. The Labute approximate surface area is 172 Å². The summed E-state index contributed by atoms with van der Waals surface area (Å²) in [4.78, 5) is 19.4. The van der Waals surface area contributed by atoms with Crippen molar-refractivity contribution in [3.8, 4) is 0 Å². The second-order valence-corrected chi connectivity index (χ2v) is 7.21. The number of carbonyl (C=O) groups excluding carboxylic acids is 1. The fourth-order valence-corrected chi connectivity index (χ4v) is 3.22. The van der Waals surface area contributed by atoms with Gasteiger partial charge in [0.25, 0.3) is 0 Å². The Morgan fingerprint density at radius 1 is 1.29 bits per heavy atom. The van der Waals surface area contributed by atoms with Crippen molar-refractivity contribution < 1.29 is 18.8 Å². The summed E-state index contributed by atoms with van der Waals surface area (Å²) in [6.07, 6.45) is 0.142. The Hall–Kier alpha value is -2.15. The van der Waals surface area contributed by atoms with Gasteiger partial charge in [0.15, 0.2) is 6.10 Å². The molecule has 148 valence electrons. The standard InChI is InChI=1S/C20H19Cl2FN2O3/c1-27-12-20(26)25(10-14-4-2-3-5-18(14)23)11-15-9-19(24-28-15)13-6-7-16(21)17(22)8-13/h2-8,15H,9-12H2,1H3. The van der Waals surface area contributed by atoms with Crippen LogP contribution in [0.3, 0.4) is 0 Å². The average Bonchev–Trinajstić information content (AvgIpc) is 3.14. The summed E-state index contributed by atoms with van der Waals surface area (Å²) in [7, 11) is 1.44. The van der Waals surface area contributed by atoms with Crippen molar-refractivity contribution in [2.45, 2.75) is 19.1 Å². The van der Waals surface area contributed by atoms with E-state index < -0.39 is 0 Å². The lowest BCUT2D eigenvalue weighted by molar-refractivity contribution is -0.137. The van der Waals surface area contributed by atoms with E-state index in [0.717, 1.165) is 5.56 Å². The second kappa shape index (κ2) is 9.37. The van der Waals surface area contributed by atoms with Gasteiger partial charge in [-0.3, -0.25) is 4.79 Å². The van der Waals surface area contributed by atoms with Crippen LogP contribution in [0.25, 0.3) is 0 Å². The molecule has 8 heteroatoms. The van der Waals surface area contributed by atoms with E-state index in [0.29, 0.717) is 27.7 Å². The molecule has 28 heavy (non-hydrogen) atoms. The molecule has 0 fully saturated rings. The zero-order chi connectivity index (χ0) is 20.1. The number of methoxy groups -OCH3 is 1. The highest BCUT2D eigenvalue weighted by Gasteiger charge is 2.27. The van der Waals surface area contributed by atoms with E-state index in [1.165, 1.54) is 18.1 Å². The maximum absolute atomic E-state index is 14.0. The first kappa shape index (κ1) is 20.6. The normalized spacial score (nSPS) is 15.9. The Kier molecular flexibility index (Phi) is 6.88. The van der Waals surface area contributed by atoms with Crippen molar-refractivity contribution in [3.05, 3.63) is 69.5 Å². The van der Waals surface area contributed by atoms with Crippen LogP contribution in [0.4, 0.5) is 4.39 Å². The molecule has 0 N–H and O–H groups in total. The molecule has 5 nitrogen and oxygen atoms in total. The molecular formula is C20H19Cl2FN2O3. The van der Waals surface area contributed by atoms with E-state index >= 15 is 0 Å². The number of oxime groups is 1. The molecule has 1 atom stereocenters. The van der Waals surface area contributed by atoms with E-state index in [1.807, 2.05) is 6.07 Å². The Morgan fingerprint density at radius 3 is 2.79 bits per heavy atom. The van der Waals surface area contributed by atoms with Gasteiger partial charge in [-0.2, -0.15) is 0 Å². The third-order valence-corrected chi connectivity index (χ3v) is 5.09. The highest BCUT2D eigenvalue weighted by Crippen LogP contribution is 2.26. The number of amides is 1. The van der Waals surface area contributed by atoms with Gasteiger partial charge in [0.05, 0.1) is 22.3 Å². The summed E-state index contributed by atoms with van der Waals surface area (Å²) >= 11 is 12.0. The highest BCUT2D eigenvalue weighted by molar-refractivity contribution is 6.42. The molecule has 1 aliphatic rings. The van der Waals surface area contributed by atoms with Crippen LogP contribution in [0.1, 0.15) is 17.5 Å². The first-order valence-corrected chi connectivity index (χ1v) is 9.41. The molecule has 0 spiro atoms. The van der Waals surface area contributed by atoms with Gasteiger partial charge in [-0.05, 0) is 18.2 Å². The van der Waals surface area contributed by atoms with Crippen LogP contribution in [0, 0.1) is 5.82 Å². The smallest absolute Gasteiger partial charge is 0.248 e. The maximum Gasteiger partial charge on any atom is 0.248 e. The molecule has 0 aliphatic carbocycles. The Morgan fingerprint density at radius 2 is 2.07 bits per heavy atom. The van der Waals surface area contributed by atoms with E-state index in [-0.39, 0.29) is 37.5 Å². The van der Waals surface area contributed by atoms with Crippen LogP contribution in [0.5, 0.6) is 0 Å². The molecule has 0 aromatic heterocycles. The average molecular weight is 425 g/mol. The SMILES string of the molecule is COCC(=O)N(Cc1ccccc1F)CC1CC(c2ccc(Cl)c(Cl)c2)=NO1.